The van der Waals surface area contributed by atoms with Crippen LogP contribution in [0.3, 0.4) is 0 Å². The fourth-order valence-corrected chi connectivity index (χ4v) is 2.18. The quantitative estimate of drug-likeness (QED) is 0.768. The molecule has 1 fully saturated rings. The smallest absolute Gasteiger partial charge is 0.310 e. The van der Waals surface area contributed by atoms with Crippen LogP contribution in [0.5, 0.6) is 0 Å². The zero-order valence-corrected chi connectivity index (χ0v) is 9.07. The molecule has 0 aromatic heterocycles. The Morgan fingerprint density at radius 3 is 2.88 bits per heavy atom. The number of nitrogens with one attached hydrogen (secondary N) is 1. The van der Waals surface area contributed by atoms with E-state index in [1.54, 1.807) is 18.2 Å². The van der Waals surface area contributed by atoms with Crippen LogP contribution < -0.4 is 5.32 Å². The monoisotopic (exact) mass is 223 g/mol. The molecule has 1 aromatic rings. The first-order valence-electron chi connectivity index (χ1n) is 5.27. The Bertz CT molecular complexity index is 394. The summed E-state index contributed by atoms with van der Waals surface area (Å²) in [5.41, 5.74) is 0.586. The summed E-state index contributed by atoms with van der Waals surface area (Å²) in [5.74, 6) is -0.959. The molecule has 0 aliphatic carbocycles. The zero-order valence-electron chi connectivity index (χ0n) is 9.07. The molecule has 1 aliphatic heterocycles. The van der Waals surface area contributed by atoms with Gasteiger partial charge in [0.25, 0.3) is 0 Å². The van der Waals surface area contributed by atoms with Gasteiger partial charge in [-0.1, -0.05) is 18.2 Å². The highest BCUT2D eigenvalue weighted by Gasteiger charge is 2.35. The second-order valence-electron chi connectivity index (χ2n) is 3.92. The molecule has 0 bridgehead atoms. The Morgan fingerprint density at radius 1 is 1.44 bits per heavy atom. The summed E-state index contributed by atoms with van der Waals surface area (Å²) < 4.78 is 18.3. The number of hydrogen-bond donors (Lipinski definition) is 1. The third kappa shape index (κ3) is 1.93. The summed E-state index contributed by atoms with van der Waals surface area (Å²) >= 11 is 0. The highest BCUT2D eigenvalue weighted by Crippen LogP contribution is 2.30. The Labute approximate surface area is 93.6 Å². The van der Waals surface area contributed by atoms with E-state index in [1.165, 1.54) is 13.2 Å². The molecule has 0 unspecified atom stereocenters. The average molecular weight is 223 g/mol. The first kappa shape index (κ1) is 11.1. The lowest BCUT2D eigenvalue weighted by molar-refractivity contribution is -0.145. The molecule has 0 radical (unpaired) electrons. The van der Waals surface area contributed by atoms with E-state index in [0.717, 1.165) is 0 Å². The van der Waals surface area contributed by atoms with Crippen molar-refractivity contribution in [3.05, 3.63) is 35.6 Å². The molecule has 2 rings (SSSR count). The van der Waals surface area contributed by atoms with Crippen molar-refractivity contribution in [1.82, 2.24) is 5.32 Å². The largest absolute Gasteiger partial charge is 0.469 e. The molecule has 4 heteroatoms. The van der Waals surface area contributed by atoms with E-state index in [9.17, 15) is 9.18 Å². The molecule has 0 amide bonds. The predicted molar refractivity (Wildman–Crippen MR) is 57.5 cm³/mol. The normalized spacial score (nSPS) is 24.4. The SMILES string of the molecule is COC(=O)[C@H]1CNC[C@H]1c1ccccc1F. The summed E-state index contributed by atoms with van der Waals surface area (Å²) in [7, 11) is 1.36. The number of benzene rings is 1. The highest BCUT2D eigenvalue weighted by molar-refractivity contribution is 5.74. The van der Waals surface area contributed by atoms with Gasteiger partial charge >= 0.3 is 5.97 Å². The van der Waals surface area contributed by atoms with Crippen molar-refractivity contribution >= 4 is 5.97 Å². The fraction of sp³-hybridized carbons (Fsp3) is 0.417. The molecule has 86 valence electrons. The number of carbonyl (C=O) groups is 1. The van der Waals surface area contributed by atoms with Crippen LogP contribution in [0, 0.1) is 11.7 Å². The van der Waals surface area contributed by atoms with Crippen LogP contribution in [-0.4, -0.2) is 26.2 Å². The van der Waals surface area contributed by atoms with Crippen LogP contribution in [0.25, 0.3) is 0 Å². The fourth-order valence-electron chi connectivity index (χ4n) is 2.18. The minimum atomic E-state index is -0.290. The molecule has 1 N–H and O–H groups in total. The van der Waals surface area contributed by atoms with E-state index in [0.29, 0.717) is 18.7 Å². The average Bonchev–Trinajstić information content (AvgIpc) is 2.77. The van der Waals surface area contributed by atoms with Crippen LogP contribution in [-0.2, 0) is 9.53 Å². The van der Waals surface area contributed by atoms with Crippen LogP contribution in [0.15, 0.2) is 24.3 Å². The summed E-state index contributed by atoms with van der Waals surface area (Å²) in [4.78, 5) is 11.5. The Balaban J connectivity index is 2.27. The second kappa shape index (κ2) is 4.61. The lowest BCUT2D eigenvalue weighted by atomic mass is 9.89. The highest BCUT2D eigenvalue weighted by atomic mass is 19.1. The Morgan fingerprint density at radius 2 is 2.19 bits per heavy atom. The van der Waals surface area contributed by atoms with Gasteiger partial charge in [-0.15, -0.1) is 0 Å². The summed E-state index contributed by atoms with van der Waals surface area (Å²) in [5, 5.41) is 3.10. The maximum absolute atomic E-state index is 13.6. The van der Waals surface area contributed by atoms with Gasteiger partial charge in [-0.25, -0.2) is 4.39 Å². The van der Waals surface area contributed by atoms with Crippen molar-refractivity contribution < 1.29 is 13.9 Å². The van der Waals surface area contributed by atoms with Gasteiger partial charge < -0.3 is 10.1 Å². The maximum Gasteiger partial charge on any atom is 0.310 e. The van der Waals surface area contributed by atoms with Gasteiger partial charge in [-0.05, 0) is 11.6 Å². The number of ether oxygens (including phenoxy) is 1. The lowest BCUT2D eigenvalue weighted by Gasteiger charge is -2.17. The maximum atomic E-state index is 13.6. The minimum Gasteiger partial charge on any atom is -0.469 e. The van der Waals surface area contributed by atoms with E-state index in [4.69, 9.17) is 4.74 Å². The topological polar surface area (TPSA) is 38.3 Å². The van der Waals surface area contributed by atoms with Crippen molar-refractivity contribution in [2.24, 2.45) is 5.92 Å². The number of hydrogen-bond acceptors (Lipinski definition) is 3. The van der Waals surface area contributed by atoms with E-state index in [-0.39, 0.29) is 23.6 Å². The number of halogens is 1. The molecular weight excluding hydrogens is 209 g/mol. The van der Waals surface area contributed by atoms with Crippen molar-refractivity contribution in [3.63, 3.8) is 0 Å². The summed E-state index contributed by atoms with van der Waals surface area (Å²) in [6.45, 7) is 1.16. The lowest BCUT2D eigenvalue weighted by Crippen LogP contribution is -2.23. The predicted octanol–water partition coefficient (Wildman–Crippen LogP) is 1.30. The molecule has 0 spiro atoms. The third-order valence-electron chi connectivity index (χ3n) is 3.02. The number of esters is 1. The Kier molecular flexibility index (Phi) is 3.19. The van der Waals surface area contributed by atoms with E-state index >= 15 is 0 Å². The van der Waals surface area contributed by atoms with Crippen LogP contribution >= 0.6 is 0 Å². The van der Waals surface area contributed by atoms with Gasteiger partial charge in [-0.2, -0.15) is 0 Å². The van der Waals surface area contributed by atoms with Crippen molar-refractivity contribution in [1.29, 1.82) is 0 Å². The number of methoxy groups -OCH3 is 1. The van der Waals surface area contributed by atoms with Crippen molar-refractivity contribution in [2.45, 2.75) is 5.92 Å². The minimum absolute atomic E-state index is 0.131. The molecule has 1 aliphatic rings. The van der Waals surface area contributed by atoms with Gasteiger partial charge in [0, 0.05) is 19.0 Å². The summed E-state index contributed by atoms with van der Waals surface area (Å²) in [6, 6.07) is 6.57. The number of rotatable bonds is 2. The van der Waals surface area contributed by atoms with Crippen LogP contribution in [0.1, 0.15) is 11.5 Å². The summed E-state index contributed by atoms with van der Waals surface area (Å²) in [6.07, 6.45) is 0. The van der Waals surface area contributed by atoms with Gasteiger partial charge in [0.15, 0.2) is 0 Å². The zero-order chi connectivity index (χ0) is 11.5. The molecular formula is C12H14FNO2. The molecule has 0 saturated carbocycles. The first-order valence-corrected chi connectivity index (χ1v) is 5.27. The first-order chi connectivity index (χ1) is 7.74. The van der Waals surface area contributed by atoms with Crippen LogP contribution in [0.4, 0.5) is 4.39 Å². The van der Waals surface area contributed by atoms with Gasteiger partial charge in [0.1, 0.15) is 5.82 Å². The molecule has 2 atom stereocenters. The molecule has 16 heavy (non-hydrogen) atoms. The standard InChI is InChI=1S/C12H14FNO2/c1-16-12(15)10-7-14-6-9(10)8-4-2-3-5-11(8)13/h2-5,9-10,14H,6-7H2,1H3/t9-,10-/m0/s1. The van der Waals surface area contributed by atoms with Gasteiger partial charge in [-0.3, -0.25) is 4.79 Å². The van der Waals surface area contributed by atoms with Crippen LogP contribution in [0.2, 0.25) is 0 Å². The second-order valence-corrected chi connectivity index (χ2v) is 3.92. The third-order valence-corrected chi connectivity index (χ3v) is 3.02. The van der Waals surface area contributed by atoms with Crippen molar-refractivity contribution in [3.8, 4) is 0 Å². The van der Waals surface area contributed by atoms with E-state index in [1.807, 2.05) is 0 Å². The van der Waals surface area contributed by atoms with Gasteiger partial charge in [0.05, 0.1) is 13.0 Å². The molecule has 1 heterocycles. The number of carbonyl (C=O) groups excluding carboxylic acids is 1. The molecule has 1 aromatic carbocycles. The van der Waals surface area contributed by atoms with Crippen molar-refractivity contribution in [2.75, 3.05) is 20.2 Å². The van der Waals surface area contributed by atoms with E-state index in [2.05, 4.69) is 5.32 Å². The molecule has 1 saturated heterocycles. The Hall–Kier alpha value is -1.42. The van der Waals surface area contributed by atoms with E-state index < -0.39 is 0 Å². The van der Waals surface area contributed by atoms with Gasteiger partial charge in [0.2, 0.25) is 0 Å². The molecule has 3 nitrogen and oxygen atoms in total.